The molecule has 2 unspecified atom stereocenters. The Hall–Kier alpha value is -2.70. The van der Waals surface area contributed by atoms with Gasteiger partial charge in [-0.15, -0.1) is 0 Å². The predicted octanol–water partition coefficient (Wildman–Crippen LogP) is 2.06. The number of aliphatic carboxylic acids is 1. The van der Waals surface area contributed by atoms with E-state index in [1.54, 1.807) is 35.5 Å². The summed E-state index contributed by atoms with van der Waals surface area (Å²) in [4.78, 5) is 29.3. The number of likely N-dealkylation sites (tertiary alicyclic amines) is 1. The molecule has 0 radical (unpaired) electrons. The Balaban J connectivity index is 1.80. The van der Waals surface area contributed by atoms with E-state index in [0.717, 1.165) is 5.56 Å². The molecule has 0 aliphatic carbocycles. The van der Waals surface area contributed by atoms with Gasteiger partial charge in [-0.05, 0) is 31.9 Å². The van der Waals surface area contributed by atoms with Gasteiger partial charge in [-0.1, -0.05) is 5.16 Å². The molecule has 7 nitrogen and oxygen atoms in total. The molecule has 1 amide bonds. The molecule has 7 heteroatoms. The van der Waals surface area contributed by atoms with Crippen molar-refractivity contribution in [1.82, 2.24) is 15.0 Å². The van der Waals surface area contributed by atoms with E-state index in [2.05, 4.69) is 10.1 Å². The van der Waals surface area contributed by atoms with E-state index in [1.165, 1.54) is 0 Å². The van der Waals surface area contributed by atoms with Crippen molar-refractivity contribution in [3.8, 4) is 11.3 Å². The van der Waals surface area contributed by atoms with Crippen molar-refractivity contribution < 1.29 is 19.2 Å². The minimum absolute atomic E-state index is 0.0147. The van der Waals surface area contributed by atoms with E-state index in [0.29, 0.717) is 18.6 Å². The summed E-state index contributed by atoms with van der Waals surface area (Å²) in [5.74, 6) is -1.21. The first-order valence-electron chi connectivity index (χ1n) is 7.47. The van der Waals surface area contributed by atoms with Gasteiger partial charge in [0.1, 0.15) is 0 Å². The summed E-state index contributed by atoms with van der Waals surface area (Å²) in [7, 11) is 0. The fourth-order valence-electron chi connectivity index (χ4n) is 2.77. The molecule has 3 rings (SSSR count). The van der Waals surface area contributed by atoms with Crippen LogP contribution in [0.5, 0.6) is 0 Å². The third-order valence-electron chi connectivity index (χ3n) is 4.19. The summed E-state index contributed by atoms with van der Waals surface area (Å²) in [6.07, 6.45) is 4.51. The Morgan fingerprint density at radius 3 is 2.74 bits per heavy atom. The molecule has 1 saturated heterocycles. The van der Waals surface area contributed by atoms with Crippen LogP contribution in [0.4, 0.5) is 0 Å². The third kappa shape index (κ3) is 3.08. The number of aromatic nitrogens is 2. The molecule has 0 aromatic carbocycles. The van der Waals surface area contributed by atoms with Crippen LogP contribution in [0.1, 0.15) is 30.3 Å². The van der Waals surface area contributed by atoms with Crippen molar-refractivity contribution >= 4 is 11.9 Å². The quantitative estimate of drug-likeness (QED) is 0.931. The lowest BCUT2D eigenvalue weighted by Crippen LogP contribution is -2.47. The van der Waals surface area contributed by atoms with Crippen molar-refractivity contribution in [2.75, 3.05) is 6.54 Å². The van der Waals surface area contributed by atoms with Crippen LogP contribution in [0.3, 0.4) is 0 Å². The SMILES string of the molecule is CC1CCC(C(=O)O)CN1C(=O)c1cc(-c2ccncc2)on1. The van der Waals surface area contributed by atoms with Crippen molar-refractivity contribution in [1.29, 1.82) is 0 Å². The maximum Gasteiger partial charge on any atom is 0.308 e. The maximum atomic E-state index is 12.6. The topological polar surface area (TPSA) is 96.5 Å². The first-order valence-corrected chi connectivity index (χ1v) is 7.47. The number of hydrogen-bond donors (Lipinski definition) is 1. The number of piperidine rings is 1. The van der Waals surface area contributed by atoms with Gasteiger partial charge in [-0.2, -0.15) is 0 Å². The molecule has 1 aliphatic heterocycles. The van der Waals surface area contributed by atoms with Crippen LogP contribution in [0.2, 0.25) is 0 Å². The molecule has 120 valence electrons. The van der Waals surface area contributed by atoms with Crippen LogP contribution in [0, 0.1) is 5.92 Å². The number of hydrogen-bond acceptors (Lipinski definition) is 5. The lowest BCUT2D eigenvalue weighted by molar-refractivity contribution is -0.143. The molecule has 2 aromatic rings. The fraction of sp³-hybridized carbons (Fsp3) is 0.375. The molecule has 2 atom stereocenters. The fourth-order valence-corrected chi connectivity index (χ4v) is 2.77. The summed E-state index contributed by atoms with van der Waals surface area (Å²) in [5.41, 5.74) is 0.969. The van der Waals surface area contributed by atoms with Gasteiger partial charge in [-0.25, -0.2) is 0 Å². The lowest BCUT2D eigenvalue weighted by Gasteiger charge is -2.35. The van der Waals surface area contributed by atoms with Gasteiger partial charge in [0.15, 0.2) is 11.5 Å². The first kappa shape index (κ1) is 15.2. The molecule has 1 aliphatic rings. The highest BCUT2D eigenvalue weighted by Gasteiger charge is 2.34. The van der Waals surface area contributed by atoms with Crippen molar-refractivity contribution in [3.05, 3.63) is 36.3 Å². The van der Waals surface area contributed by atoms with Crippen LogP contribution in [-0.4, -0.2) is 44.6 Å². The van der Waals surface area contributed by atoms with Gasteiger partial charge in [-0.3, -0.25) is 14.6 Å². The van der Waals surface area contributed by atoms with Crippen LogP contribution < -0.4 is 0 Å². The number of amides is 1. The van der Waals surface area contributed by atoms with Crippen molar-refractivity contribution in [2.24, 2.45) is 5.92 Å². The molecule has 1 fully saturated rings. The number of carboxylic acid groups (broad SMARTS) is 1. The molecular weight excluding hydrogens is 298 g/mol. The summed E-state index contributed by atoms with van der Waals surface area (Å²) in [5, 5.41) is 13.0. The number of rotatable bonds is 3. The van der Waals surface area contributed by atoms with E-state index < -0.39 is 11.9 Å². The molecule has 0 bridgehead atoms. The summed E-state index contributed by atoms with van der Waals surface area (Å²) in [6.45, 7) is 2.12. The predicted molar refractivity (Wildman–Crippen MR) is 80.6 cm³/mol. The molecule has 3 heterocycles. The average Bonchev–Trinajstić information content (AvgIpc) is 3.05. The minimum atomic E-state index is -0.868. The second-order valence-electron chi connectivity index (χ2n) is 5.73. The molecular formula is C16H17N3O4. The molecule has 0 spiro atoms. The second kappa shape index (κ2) is 6.20. The zero-order valence-electron chi connectivity index (χ0n) is 12.7. The maximum absolute atomic E-state index is 12.6. The standard InChI is InChI=1S/C16H17N3O4/c1-10-2-3-12(16(21)22)9-19(10)15(20)13-8-14(23-18-13)11-4-6-17-7-5-11/h4-8,10,12H,2-3,9H2,1H3,(H,21,22). The van der Waals surface area contributed by atoms with Gasteiger partial charge in [0.25, 0.3) is 5.91 Å². The first-order chi connectivity index (χ1) is 11.1. The van der Waals surface area contributed by atoms with Crippen molar-refractivity contribution in [2.45, 2.75) is 25.8 Å². The Kier molecular flexibility index (Phi) is 4.10. The van der Waals surface area contributed by atoms with E-state index in [9.17, 15) is 9.59 Å². The van der Waals surface area contributed by atoms with Gasteiger partial charge in [0.05, 0.1) is 5.92 Å². The molecule has 2 aromatic heterocycles. The number of carboxylic acids is 1. The smallest absolute Gasteiger partial charge is 0.308 e. The lowest BCUT2D eigenvalue weighted by atomic mass is 9.93. The highest BCUT2D eigenvalue weighted by molar-refractivity contribution is 5.93. The van der Waals surface area contributed by atoms with E-state index >= 15 is 0 Å². The van der Waals surface area contributed by atoms with Gasteiger partial charge in [0, 0.05) is 36.6 Å². The zero-order chi connectivity index (χ0) is 16.4. The van der Waals surface area contributed by atoms with Crippen LogP contribution >= 0.6 is 0 Å². The number of pyridine rings is 1. The van der Waals surface area contributed by atoms with Crippen LogP contribution in [0.25, 0.3) is 11.3 Å². The van der Waals surface area contributed by atoms with Gasteiger partial charge in [0.2, 0.25) is 0 Å². The molecule has 1 N–H and O–H groups in total. The summed E-state index contributed by atoms with van der Waals surface area (Å²) in [6, 6.07) is 5.09. The Labute approximate surface area is 132 Å². The summed E-state index contributed by atoms with van der Waals surface area (Å²) < 4.78 is 5.23. The average molecular weight is 315 g/mol. The summed E-state index contributed by atoms with van der Waals surface area (Å²) >= 11 is 0. The Morgan fingerprint density at radius 1 is 1.30 bits per heavy atom. The zero-order valence-corrected chi connectivity index (χ0v) is 12.7. The highest BCUT2D eigenvalue weighted by Crippen LogP contribution is 2.25. The third-order valence-corrected chi connectivity index (χ3v) is 4.19. The van der Waals surface area contributed by atoms with Crippen molar-refractivity contribution in [3.63, 3.8) is 0 Å². The van der Waals surface area contributed by atoms with Crippen LogP contribution in [-0.2, 0) is 4.79 Å². The Bertz CT molecular complexity index is 713. The van der Waals surface area contributed by atoms with Crippen LogP contribution in [0.15, 0.2) is 35.1 Å². The van der Waals surface area contributed by atoms with Gasteiger partial charge < -0.3 is 14.5 Å². The monoisotopic (exact) mass is 315 g/mol. The number of carbonyl (C=O) groups excluding carboxylic acids is 1. The largest absolute Gasteiger partial charge is 0.481 e. The number of nitrogens with zero attached hydrogens (tertiary/aromatic N) is 3. The van der Waals surface area contributed by atoms with E-state index in [1.807, 2.05) is 6.92 Å². The highest BCUT2D eigenvalue weighted by atomic mass is 16.5. The normalized spacial score (nSPS) is 21.2. The molecule has 0 saturated carbocycles. The second-order valence-corrected chi connectivity index (χ2v) is 5.73. The van der Waals surface area contributed by atoms with E-state index in [-0.39, 0.29) is 24.2 Å². The number of carbonyl (C=O) groups is 2. The Morgan fingerprint density at radius 2 is 2.04 bits per heavy atom. The van der Waals surface area contributed by atoms with Gasteiger partial charge >= 0.3 is 5.97 Å². The minimum Gasteiger partial charge on any atom is -0.481 e. The molecule has 23 heavy (non-hydrogen) atoms. The van der Waals surface area contributed by atoms with E-state index in [4.69, 9.17) is 9.63 Å².